The Morgan fingerprint density at radius 1 is 1.14 bits per heavy atom. The Morgan fingerprint density at radius 3 is 2.24 bits per heavy atom. The number of carbonyl (C=O) groups is 1. The lowest BCUT2D eigenvalue weighted by atomic mass is 10.2. The van der Waals surface area contributed by atoms with Crippen LogP contribution in [0.15, 0.2) is 45.7 Å². The highest BCUT2D eigenvalue weighted by Crippen LogP contribution is 2.17. The second kappa shape index (κ2) is 5.73. The van der Waals surface area contributed by atoms with Crippen LogP contribution in [0.5, 0.6) is 0 Å². The molecule has 0 aliphatic heterocycles. The largest absolute Gasteiger partial charge is 0.464 e. The molecule has 5 nitrogen and oxygen atoms in total. The van der Waals surface area contributed by atoms with E-state index < -0.39 is 9.84 Å². The van der Waals surface area contributed by atoms with E-state index in [0.29, 0.717) is 11.3 Å². The van der Waals surface area contributed by atoms with Crippen LogP contribution < -0.4 is 5.32 Å². The van der Waals surface area contributed by atoms with Gasteiger partial charge in [-0.2, -0.15) is 0 Å². The average Bonchev–Trinajstić information content (AvgIpc) is 2.84. The standard InChI is InChI=1S/C15H17NO4S/c1-10-4-9-14(20-10)11(2)16-15(17)12-5-7-13(8-6-12)21(3,18)19/h4-9,11H,1-3H3,(H,16,17). The van der Waals surface area contributed by atoms with Gasteiger partial charge in [-0.3, -0.25) is 4.79 Å². The molecule has 0 bridgehead atoms. The zero-order valence-corrected chi connectivity index (χ0v) is 12.9. The lowest BCUT2D eigenvalue weighted by Crippen LogP contribution is -2.26. The van der Waals surface area contributed by atoms with Crippen molar-refractivity contribution in [1.82, 2.24) is 5.32 Å². The van der Waals surface area contributed by atoms with E-state index in [-0.39, 0.29) is 16.8 Å². The number of rotatable bonds is 4. The van der Waals surface area contributed by atoms with Crippen molar-refractivity contribution in [2.45, 2.75) is 24.8 Å². The van der Waals surface area contributed by atoms with E-state index in [1.54, 1.807) is 0 Å². The van der Waals surface area contributed by atoms with Crippen LogP contribution in [0.4, 0.5) is 0 Å². The highest BCUT2D eigenvalue weighted by Gasteiger charge is 2.15. The topological polar surface area (TPSA) is 76.4 Å². The lowest BCUT2D eigenvalue weighted by molar-refractivity contribution is 0.0935. The molecule has 0 aliphatic carbocycles. The number of aryl methyl sites for hydroxylation is 1. The molecule has 2 aromatic rings. The third-order valence-corrected chi connectivity index (χ3v) is 4.21. The predicted molar refractivity (Wildman–Crippen MR) is 78.9 cm³/mol. The van der Waals surface area contributed by atoms with Crippen LogP contribution in [0.2, 0.25) is 0 Å². The molecular formula is C15H17NO4S. The van der Waals surface area contributed by atoms with Gasteiger partial charge in [0, 0.05) is 11.8 Å². The number of benzene rings is 1. The van der Waals surface area contributed by atoms with Crippen LogP contribution in [0.1, 0.15) is 34.8 Å². The normalized spacial score (nSPS) is 12.9. The Kier molecular flexibility index (Phi) is 4.18. The fraction of sp³-hybridized carbons (Fsp3) is 0.267. The summed E-state index contributed by atoms with van der Waals surface area (Å²) < 4.78 is 28.2. The number of amides is 1. The number of hydrogen-bond donors (Lipinski definition) is 1. The third-order valence-electron chi connectivity index (χ3n) is 3.08. The van der Waals surface area contributed by atoms with Crippen molar-refractivity contribution in [3.63, 3.8) is 0 Å². The zero-order chi connectivity index (χ0) is 15.6. The number of nitrogens with one attached hydrogen (secondary N) is 1. The Labute approximate surface area is 123 Å². The van der Waals surface area contributed by atoms with E-state index in [9.17, 15) is 13.2 Å². The summed E-state index contributed by atoms with van der Waals surface area (Å²) in [6.07, 6.45) is 1.13. The molecule has 112 valence electrons. The molecule has 1 aromatic heterocycles. The summed E-state index contributed by atoms with van der Waals surface area (Å²) in [5, 5.41) is 2.80. The van der Waals surface area contributed by atoms with Gasteiger partial charge in [0.1, 0.15) is 11.5 Å². The van der Waals surface area contributed by atoms with Gasteiger partial charge in [-0.1, -0.05) is 0 Å². The minimum absolute atomic E-state index is 0.189. The Bertz CT molecular complexity index is 744. The fourth-order valence-corrected chi connectivity index (χ4v) is 2.52. The summed E-state index contributed by atoms with van der Waals surface area (Å²) >= 11 is 0. The van der Waals surface area contributed by atoms with Gasteiger partial charge >= 0.3 is 0 Å². The Balaban J connectivity index is 2.10. The maximum absolute atomic E-state index is 12.1. The molecule has 6 heteroatoms. The summed E-state index contributed by atoms with van der Waals surface area (Å²) in [6.45, 7) is 3.66. The Hall–Kier alpha value is -2.08. The van der Waals surface area contributed by atoms with E-state index in [2.05, 4.69) is 5.32 Å². The van der Waals surface area contributed by atoms with Crippen LogP contribution in [-0.4, -0.2) is 20.6 Å². The highest BCUT2D eigenvalue weighted by molar-refractivity contribution is 7.90. The Morgan fingerprint density at radius 2 is 1.76 bits per heavy atom. The van der Waals surface area contributed by atoms with Gasteiger partial charge in [0.05, 0.1) is 10.9 Å². The minimum Gasteiger partial charge on any atom is -0.464 e. The summed E-state index contributed by atoms with van der Waals surface area (Å²) in [5.74, 6) is 1.17. The molecule has 0 radical (unpaired) electrons. The van der Waals surface area contributed by atoms with Crippen molar-refractivity contribution in [1.29, 1.82) is 0 Å². The highest BCUT2D eigenvalue weighted by atomic mass is 32.2. The first-order chi connectivity index (χ1) is 9.77. The third kappa shape index (κ3) is 3.72. The molecule has 0 saturated heterocycles. The SMILES string of the molecule is Cc1ccc(C(C)NC(=O)c2ccc(S(C)(=O)=O)cc2)o1. The molecule has 1 N–H and O–H groups in total. The van der Waals surface area contributed by atoms with Crippen LogP contribution >= 0.6 is 0 Å². The number of carbonyl (C=O) groups excluding carboxylic acids is 1. The summed E-state index contributed by atoms with van der Waals surface area (Å²) in [7, 11) is -3.26. The molecule has 2 rings (SSSR count). The second-order valence-corrected chi connectivity index (χ2v) is 6.96. The summed E-state index contributed by atoms with van der Waals surface area (Å²) in [4.78, 5) is 12.3. The van der Waals surface area contributed by atoms with Crippen molar-refractivity contribution in [3.8, 4) is 0 Å². The van der Waals surface area contributed by atoms with E-state index in [1.807, 2.05) is 26.0 Å². The van der Waals surface area contributed by atoms with Crippen LogP contribution in [0.3, 0.4) is 0 Å². The molecule has 0 aliphatic rings. The quantitative estimate of drug-likeness (QED) is 0.941. The predicted octanol–water partition coefficient (Wildman–Crippen LogP) is 2.48. The van der Waals surface area contributed by atoms with Gasteiger partial charge in [-0.25, -0.2) is 8.42 Å². The molecule has 1 heterocycles. The first-order valence-electron chi connectivity index (χ1n) is 6.44. The van der Waals surface area contributed by atoms with Crippen molar-refractivity contribution in [3.05, 3.63) is 53.5 Å². The monoisotopic (exact) mass is 307 g/mol. The van der Waals surface area contributed by atoms with Crippen LogP contribution in [0.25, 0.3) is 0 Å². The van der Waals surface area contributed by atoms with Crippen molar-refractivity contribution in [2.75, 3.05) is 6.26 Å². The molecule has 0 fully saturated rings. The van der Waals surface area contributed by atoms with Gasteiger partial charge in [0.15, 0.2) is 9.84 Å². The van der Waals surface area contributed by atoms with Crippen molar-refractivity contribution in [2.24, 2.45) is 0 Å². The van der Waals surface area contributed by atoms with Gasteiger partial charge in [0.2, 0.25) is 0 Å². The molecule has 0 saturated carbocycles. The lowest BCUT2D eigenvalue weighted by Gasteiger charge is -2.11. The summed E-state index contributed by atoms with van der Waals surface area (Å²) in [6, 6.07) is 9.21. The zero-order valence-electron chi connectivity index (χ0n) is 12.1. The maximum atomic E-state index is 12.1. The van der Waals surface area contributed by atoms with E-state index >= 15 is 0 Å². The van der Waals surface area contributed by atoms with Crippen molar-refractivity contribution >= 4 is 15.7 Å². The van der Waals surface area contributed by atoms with Gasteiger partial charge in [-0.05, 0) is 50.2 Å². The van der Waals surface area contributed by atoms with Gasteiger partial charge < -0.3 is 9.73 Å². The summed E-state index contributed by atoms with van der Waals surface area (Å²) in [5.41, 5.74) is 0.400. The molecule has 1 amide bonds. The fourth-order valence-electron chi connectivity index (χ4n) is 1.89. The van der Waals surface area contributed by atoms with Gasteiger partial charge in [-0.15, -0.1) is 0 Å². The molecule has 1 unspecified atom stereocenters. The first kappa shape index (κ1) is 15.3. The maximum Gasteiger partial charge on any atom is 0.251 e. The molecular weight excluding hydrogens is 290 g/mol. The van der Waals surface area contributed by atoms with Crippen LogP contribution in [-0.2, 0) is 9.84 Å². The number of hydrogen-bond acceptors (Lipinski definition) is 4. The molecule has 1 aromatic carbocycles. The number of sulfone groups is 1. The van der Waals surface area contributed by atoms with E-state index in [0.717, 1.165) is 12.0 Å². The first-order valence-corrected chi connectivity index (χ1v) is 8.34. The molecule has 1 atom stereocenters. The minimum atomic E-state index is -3.26. The smallest absolute Gasteiger partial charge is 0.251 e. The average molecular weight is 307 g/mol. The van der Waals surface area contributed by atoms with Crippen molar-refractivity contribution < 1.29 is 17.6 Å². The molecule has 21 heavy (non-hydrogen) atoms. The molecule has 0 spiro atoms. The second-order valence-electron chi connectivity index (χ2n) is 4.94. The number of furan rings is 1. The van der Waals surface area contributed by atoms with Crippen LogP contribution in [0, 0.1) is 6.92 Å². The van der Waals surface area contributed by atoms with Gasteiger partial charge in [0.25, 0.3) is 5.91 Å². The van der Waals surface area contributed by atoms with E-state index in [1.165, 1.54) is 24.3 Å². The van der Waals surface area contributed by atoms with E-state index in [4.69, 9.17) is 4.42 Å².